The van der Waals surface area contributed by atoms with Gasteiger partial charge in [0.05, 0.1) is 0 Å². The summed E-state index contributed by atoms with van der Waals surface area (Å²) in [4.78, 5) is 0.363. The third-order valence-electron chi connectivity index (χ3n) is 2.25. The molecule has 0 atom stereocenters. The molecule has 0 saturated heterocycles. The summed E-state index contributed by atoms with van der Waals surface area (Å²) < 4.78 is 40.1. The van der Waals surface area contributed by atoms with E-state index in [0.717, 1.165) is 0 Å². The number of benzene rings is 1. The maximum atomic E-state index is 12.1. The predicted octanol–water partition coefficient (Wildman–Crippen LogP) is 2.59. The van der Waals surface area contributed by atoms with Gasteiger partial charge in [-0.05, 0) is 25.1 Å². The second-order valence-corrected chi connectivity index (χ2v) is 3.88. The fourth-order valence-corrected chi connectivity index (χ4v) is 1.58. The number of ether oxygens (including phenoxy) is 1. The van der Waals surface area contributed by atoms with Gasteiger partial charge in [0.25, 0.3) is 0 Å². The number of alkyl halides is 3. The topological polar surface area (TPSA) is 49.1 Å². The zero-order valence-corrected chi connectivity index (χ0v) is 9.81. The Bertz CT molecular complexity index is 580. The van der Waals surface area contributed by atoms with Gasteiger partial charge in [-0.15, -0.1) is 13.2 Å². The molecule has 0 N–H and O–H groups in total. The molecule has 0 unspecified atom stereocenters. The van der Waals surface area contributed by atoms with Crippen molar-refractivity contribution in [3.8, 4) is 17.0 Å². The SMILES string of the molecule is Cc1cc(-c2cccc(OC(F)(F)F)c2)n[n+]([O-])c1. The zero-order valence-electron chi connectivity index (χ0n) is 9.81. The number of rotatable bonds is 2. The van der Waals surface area contributed by atoms with Gasteiger partial charge < -0.3 is 9.94 Å². The van der Waals surface area contributed by atoms with E-state index < -0.39 is 6.36 Å². The molecule has 0 aliphatic rings. The molecule has 0 aliphatic heterocycles. The molecular weight excluding hydrogens is 261 g/mol. The third kappa shape index (κ3) is 3.57. The summed E-state index contributed by atoms with van der Waals surface area (Å²) >= 11 is 0. The van der Waals surface area contributed by atoms with Crippen LogP contribution in [0.1, 0.15) is 5.56 Å². The number of aromatic nitrogens is 2. The number of halogens is 3. The summed E-state index contributed by atoms with van der Waals surface area (Å²) in [5.41, 5.74) is 1.31. The van der Waals surface area contributed by atoms with E-state index in [1.807, 2.05) is 0 Å². The normalized spacial score (nSPS) is 11.4. The van der Waals surface area contributed by atoms with E-state index >= 15 is 0 Å². The van der Waals surface area contributed by atoms with Crippen LogP contribution in [0.25, 0.3) is 11.3 Å². The van der Waals surface area contributed by atoms with Gasteiger partial charge in [0, 0.05) is 16.2 Å². The van der Waals surface area contributed by atoms with Gasteiger partial charge in [0.15, 0.2) is 0 Å². The lowest BCUT2D eigenvalue weighted by Crippen LogP contribution is -2.31. The fraction of sp³-hybridized carbons (Fsp3) is 0.167. The molecule has 0 bridgehead atoms. The van der Waals surface area contributed by atoms with Gasteiger partial charge in [-0.1, -0.05) is 17.0 Å². The van der Waals surface area contributed by atoms with Gasteiger partial charge in [-0.2, -0.15) is 0 Å². The van der Waals surface area contributed by atoms with E-state index in [1.165, 1.54) is 24.4 Å². The molecule has 1 aromatic carbocycles. The molecule has 7 heteroatoms. The highest BCUT2D eigenvalue weighted by Crippen LogP contribution is 2.26. The maximum absolute atomic E-state index is 12.1. The first-order chi connectivity index (χ1) is 8.83. The van der Waals surface area contributed by atoms with Crippen LogP contribution >= 0.6 is 0 Å². The summed E-state index contributed by atoms with van der Waals surface area (Å²) in [6, 6.07) is 6.90. The van der Waals surface area contributed by atoms with Crippen LogP contribution in [0.4, 0.5) is 13.2 Å². The van der Waals surface area contributed by atoms with Gasteiger partial charge in [0.2, 0.25) is 6.20 Å². The Kier molecular flexibility index (Phi) is 3.28. The van der Waals surface area contributed by atoms with E-state index in [4.69, 9.17) is 0 Å². The van der Waals surface area contributed by atoms with Crippen molar-refractivity contribution in [1.29, 1.82) is 0 Å². The molecule has 19 heavy (non-hydrogen) atoms. The average Bonchev–Trinajstić information content (AvgIpc) is 2.25. The smallest absolute Gasteiger partial charge is 0.573 e. The number of nitrogens with zero attached hydrogens (tertiary/aromatic N) is 2. The Morgan fingerprint density at radius 2 is 2.00 bits per heavy atom. The average molecular weight is 270 g/mol. The molecular formula is C12H9F3N2O2. The van der Waals surface area contributed by atoms with Crippen LogP contribution in [0, 0.1) is 12.1 Å². The van der Waals surface area contributed by atoms with Crippen LogP contribution in [-0.4, -0.2) is 11.5 Å². The number of aryl methyl sites for hydroxylation is 1. The monoisotopic (exact) mass is 270 g/mol. The molecule has 0 saturated carbocycles. The van der Waals surface area contributed by atoms with Crippen LogP contribution < -0.4 is 9.58 Å². The Morgan fingerprint density at radius 3 is 2.63 bits per heavy atom. The predicted molar refractivity (Wildman–Crippen MR) is 60.1 cm³/mol. The van der Waals surface area contributed by atoms with Crippen molar-refractivity contribution >= 4 is 0 Å². The fourth-order valence-electron chi connectivity index (χ4n) is 1.58. The van der Waals surface area contributed by atoms with Gasteiger partial charge in [-0.3, -0.25) is 0 Å². The molecule has 0 radical (unpaired) electrons. The second kappa shape index (κ2) is 4.75. The highest BCUT2D eigenvalue weighted by Gasteiger charge is 2.31. The van der Waals surface area contributed by atoms with Gasteiger partial charge >= 0.3 is 6.36 Å². The lowest BCUT2D eigenvalue weighted by molar-refractivity contribution is -0.668. The van der Waals surface area contributed by atoms with Crippen LogP contribution in [0.3, 0.4) is 0 Å². The standard InChI is InChI=1S/C12H9F3N2O2/c1-8-5-11(16-17(18)7-8)9-3-2-4-10(6-9)19-12(13,14)15/h2-7H,1H3. The maximum Gasteiger partial charge on any atom is 0.573 e. The quantitative estimate of drug-likeness (QED) is 0.622. The first-order valence-corrected chi connectivity index (χ1v) is 5.28. The summed E-state index contributed by atoms with van der Waals surface area (Å²) in [6.45, 7) is 1.69. The first-order valence-electron chi connectivity index (χ1n) is 5.28. The van der Waals surface area contributed by atoms with Crippen molar-refractivity contribution in [3.63, 3.8) is 0 Å². The summed E-state index contributed by atoms with van der Waals surface area (Å²) in [7, 11) is 0. The van der Waals surface area contributed by atoms with Crippen LogP contribution in [0.15, 0.2) is 36.5 Å². The largest absolute Gasteiger partial charge is 0.594 e. The second-order valence-electron chi connectivity index (χ2n) is 3.88. The number of hydrogen-bond acceptors (Lipinski definition) is 3. The molecule has 4 nitrogen and oxygen atoms in total. The Morgan fingerprint density at radius 1 is 1.26 bits per heavy atom. The van der Waals surface area contributed by atoms with Crippen molar-refractivity contribution in [2.24, 2.45) is 0 Å². The molecule has 0 aliphatic carbocycles. The molecule has 0 fully saturated rings. The van der Waals surface area contributed by atoms with E-state index in [9.17, 15) is 18.4 Å². The summed E-state index contributed by atoms with van der Waals surface area (Å²) in [5, 5.41) is 14.9. The first kappa shape index (κ1) is 13.1. The zero-order chi connectivity index (χ0) is 14.0. The lowest BCUT2D eigenvalue weighted by atomic mass is 10.1. The minimum absolute atomic E-state index is 0.280. The summed E-state index contributed by atoms with van der Waals surface area (Å²) in [5.74, 6) is -0.356. The van der Waals surface area contributed by atoms with Crippen molar-refractivity contribution in [3.05, 3.63) is 47.3 Å². The van der Waals surface area contributed by atoms with Crippen LogP contribution in [0.2, 0.25) is 0 Å². The third-order valence-corrected chi connectivity index (χ3v) is 2.25. The summed E-state index contributed by atoms with van der Waals surface area (Å²) in [6.07, 6.45) is -3.49. The van der Waals surface area contributed by atoms with Crippen molar-refractivity contribution in [2.75, 3.05) is 0 Å². The van der Waals surface area contributed by atoms with E-state index in [-0.39, 0.29) is 11.4 Å². The van der Waals surface area contributed by atoms with Crippen molar-refractivity contribution in [2.45, 2.75) is 13.3 Å². The highest BCUT2D eigenvalue weighted by molar-refractivity contribution is 5.60. The Balaban J connectivity index is 2.37. The lowest BCUT2D eigenvalue weighted by Gasteiger charge is -2.09. The molecule has 0 spiro atoms. The van der Waals surface area contributed by atoms with Gasteiger partial charge in [0.1, 0.15) is 11.4 Å². The van der Waals surface area contributed by atoms with E-state index in [1.54, 1.807) is 19.1 Å². The molecule has 2 rings (SSSR count). The van der Waals surface area contributed by atoms with Crippen LogP contribution in [0.5, 0.6) is 5.75 Å². The number of hydrogen-bond donors (Lipinski definition) is 0. The Labute approximate surface area is 106 Å². The molecule has 100 valence electrons. The van der Waals surface area contributed by atoms with E-state index in [0.29, 0.717) is 16.0 Å². The minimum atomic E-state index is -4.75. The molecule has 2 aromatic rings. The minimum Gasteiger partial charge on any atom is -0.594 e. The Hall–Kier alpha value is -2.31. The molecule has 1 heterocycles. The van der Waals surface area contributed by atoms with Crippen molar-refractivity contribution < 1.29 is 22.8 Å². The van der Waals surface area contributed by atoms with Gasteiger partial charge in [-0.25, -0.2) is 0 Å². The molecule has 1 aromatic heterocycles. The highest BCUT2D eigenvalue weighted by atomic mass is 19.4. The molecule has 0 amide bonds. The van der Waals surface area contributed by atoms with Crippen molar-refractivity contribution in [1.82, 2.24) is 5.10 Å². The van der Waals surface area contributed by atoms with E-state index in [2.05, 4.69) is 9.84 Å². The van der Waals surface area contributed by atoms with Crippen LogP contribution in [-0.2, 0) is 0 Å².